The number of guanidine groups is 2. The quantitative estimate of drug-likeness (QED) is 0.535. The number of hydroxylamine groups is 2. The molecule has 0 aromatic heterocycles. The minimum Gasteiger partial charge on any atom is -0.491 e. The Morgan fingerprint density at radius 2 is 1.76 bits per heavy atom. The average molecular weight is 544 g/mol. The van der Waals surface area contributed by atoms with Crippen LogP contribution in [0.3, 0.4) is 0 Å². The van der Waals surface area contributed by atoms with Crippen LogP contribution in [-0.2, 0) is 4.84 Å². The summed E-state index contributed by atoms with van der Waals surface area (Å²) in [7, 11) is 0. The van der Waals surface area contributed by atoms with Gasteiger partial charge < -0.3 is 16.2 Å². The number of benzene rings is 1. The zero-order chi connectivity index (χ0) is 17.9. The lowest BCUT2D eigenvalue weighted by molar-refractivity contribution is -0.158. The summed E-state index contributed by atoms with van der Waals surface area (Å²) in [6.45, 7) is 6.62. The van der Waals surface area contributed by atoms with Crippen molar-refractivity contribution in [3.63, 3.8) is 0 Å². The molecule has 7 nitrogen and oxygen atoms in total. The summed E-state index contributed by atoms with van der Waals surface area (Å²) in [4.78, 5) is 13.8. The van der Waals surface area contributed by atoms with Crippen molar-refractivity contribution in [2.75, 3.05) is 13.2 Å². The van der Waals surface area contributed by atoms with E-state index in [4.69, 9.17) is 21.0 Å². The van der Waals surface area contributed by atoms with Crippen molar-refractivity contribution in [3.8, 4) is 5.75 Å². The Morgan fingerprint density at radius 3 is 2.32 bits per heavy atom. The Kier molecular flexibility index (Phi) is 8.17. The van der Waals surface area contributed by atoms with Crippen molar-refractivity contribution in [2.45, 2.75) is 32.9 Å². The molecule has 25 heavy (non-hydrogen) atoms. The Labute approximate surface area is 174 Å². The van der Waals surface area contributed by atoms with Crippen LogP contribution < -0.4 is 16.2 Å². The third-order valence-corrected chi connectivity index (χ3v) is 4.40. The van der Waals surface area contributed by atoms with Crippen LogP contribution in [0.15, 0.2) is 31.1 Å². The molecule has 0 spiro atoms. The molecular weight excluding hydrogens is 522 g/mol. The summed E-state index contributed by atoms with van der Waals surface area (Å²) < 4.78 is 7.63. The molecule has 1 aliphatic rings. The molecule has 0 saturated heterocycles. The highest BCUT2D eigenvalue weighted by Crippen LogP contribution is 2.34. The lowest BCUT2D eigenvalue weighted by atomic mass is 10.2. The number of nitrogens with two attached hydrogens (primary N) is 2. The first-order chi connectivity index (χ1) is 11.2. The zero-order valence-electron chi connectivity index (χ0n) is 14.3. The van der Waals surface area contributed by atoms with Gasteiger partial charge in [0.1, 0.15) is 5.75 Å². The molecule has 1 aliphatic heterocycles. The van der Waals surface area contributed by atoms with Gasteiger partial charge in [-0.05, 0) is 70.3 Å². The molecule has 0 fully saturated rings. The molecule has 1 aromatic carbocycles. The van der Waals surface area contributed by atoms with Crippen LogP contribution in [0.1, 0.15) is 25.8 Å². The summed E-state index contributed by atoms with van der Waals surface area (Å²) in [6.07, 6.45) is 0.672. The second-order valence-corrected chi connectivity index (χ2v) is 7.53. The molecule has 0 amide bonds. The van der Waals surface area contributed by atoms with Gasteiger partial charge in [0.25, 0.3) is 0 Å². The van der Waals surface area contributed by atoms with E-state index in [1.54, 1.807) is 0 Å². The molecule has 0 saturated carbocycles. The Morgan fingerprint density at radius 1 is 1.16 bits per heavy atom. The summed E-state index contributed by atoms with van der Waals surface area (Å²) >= 11 is 7.01. The zero-order valence-corrected chi connectivity index (χ0v) is 19.1. The number of aryl methyl sites for hydroxylation is 1. The number of hydrogen-bond acceptors (Lipinski definition) is 7. The van der Waals surface area contributed by atoms with Crippen molar-refractivity contribution in [3.05, 3.63) is 26.6 Å². The summed E-state index contributed by atoms with van der Waals surface area (Å²) in [5, 5.41) is 1.46. The van der Waals surface area contributed by atoms with Crippen LogP contribution in [0.5, 0.6) is 5.75 Å². The highest BCUT2D eigenvalue weighted by atomic mass is 79.9. The van der Waals surface area contributed by atoms with E-state index in [1.165, 1.54) is 5.06 Å². The Bertz CT molecular complexity index is 656. The van der Waals surface area contributed by atoms with Crippen LogP contribution in [0.25, 0.3) is 0 Å². The first-order valence-electron chi connectivity index (χ1n) is 7.42. The normalized spacial score (nSPS) is 16.0. The first kappa shape index (κ1) is 22.2. The largest absolute Gasteiger partial charge is 0.491 e. The predicted octanol–water partition coefficient (Wildman–Crippen LogP) is 3.48. The fourth-order valence-corrected chi connectivity index (χ4v) is 3.88. The number of hydrogen-bond donors (Lipinski definition) is 2. The monoisotopic (exact) mass is 541 g/mol. The van der Waals surface area contributed by atoms with Gasteiger partial charge in [-0.3, -0.25) is 4.84 Å². The SMILES string of the molecule is Br.Cc1cc(Br)c(OCCCON2C(N)=NC(N)=NC2(C)C)c(Br)c1. The van der Waals surface area contributed by atoms with Crippen molar-refractivity contribution in [1.29, 1.82) is 0 Å². The van der Waals surface area contributed by atoms with Gasteiger partial charge in [0.05, 0.1) is 22.2 Å². The number of halogens is 3. The van der Waals surface area contributed by atoms with Gasteiger partial charge in [-0.2, -0.15) is 10.1 Å². The van der Waals surface area contributed by atoms with Crippen molar-refractivity contribution in [1.82, 2.24) is 5.06 Å². The number of ether oxygens (including phenoxy) is 1. The van der Waals surface area contributed by atoms with Gasteiger partial charge in [-0.25, -0.2) is 4.99 Å². The molecule has 0 unspecified atom stereocenters. The highest BCUT2D eigenvalue weighted by molar-refractivity contribution is 9.11. The lowest BCUT2D eigenvalue weighted by Gasteiger charge is -2.36. The van der Waals surface area contributed by atoms with Gasteiger partial charge in [-0.15, -0.1) is 17.0 Å². The van der Waals surface area contributed by atoms with Crippen molar-refractivity contribution in [2.24, 2.45) is 21.5 Å². The van der Waals surface area contributed by atoms with Gasteiger partial charge in [0, 0.05) is 6.42 Å². The maximum atomic E-state index is 5.85. The molecular formula is C15H22Br3N5O2. The van der Waals surface area contributed by atoms with Crippen LogP contribution in [0, 0.1) is 6.92 Å². The predicted molar refractivity (Wildman–Crippen MR) is 112 cm³/mol. The smallest absolute Gasteiger partial charge is 0.226 e. The number of rotatable bonds is 6. The topological polar surface area (TPSA) is 98.5 Å². The highest BCUT2D eigenvalue weighted by Gasteiger charge is 2.32. The van der Waals surface area contributed by atoms with Crippen LogP contribution >= 0.6 is 48.8 Å². The van der Waals surface area contributed by atoms with Gasteiger partial charge >= 0.3 is 0 Å². The van der Waals surface area contributed by atoms with Crippen molar-refractivity contribution < 1.29 is 9.57 Å². The minimum absolute atomic E-state index is 0. The maximum Gasteiger partial charge on any atom is 0.226 e. The van der Waals surface area contributed by atoms with E-state index in [9.17, 15) is 0 Å². The van der Waals surface area contributed by atoms with E-state index in [0.29, 0.717) is 19.6 Å². The number of nitrogens with zero attached hydrogens (tertiary/aromatic N) is 3. The van der Waals surface area contributed by atoms with E-state index >= 15 is 0 Å². The molecule has 1 heterocycles. The molecule has 10 heteroatoms. The van der Waals surface area contributed by atoms with E-state index in [0.717, 1.165) is 20.3 Å². The maximum absolute atomic E-state index is 5.85. The molecule has 4 N–H and O–H groups in total. The standard InChI is InChI=1S/C15H21Br2N5O2.BrH/c1-9-7-10(16)12(11(17)8-9)23-5-4-6-24-22-14(19)20-13(18)21-15(22,2)3;/h7-8H,4-6H2,1-3H3,(H4,18,19,20,21);1H. The van der Waals surface area contributed by atoms with Gasteiger partial charge in [-0.1, -0.05) is 0 Å². The second kappa shape index (κ2) is 9.20. The molecule has 0 aliphatic carbocycles. The molecule has 0 bridgehead atoms. The van der Waals surface area contributed by atoms with E-state index < -0.39 is 5.66 Å². The van der Waals surface area contributed by atoms with Crippen LogP contribution in [0.2, 0.25) is 0 Å². The fraction of sp³-hybridized carbons (Fsp3) is 0.467. The summed E-state index contributed by atoms with van der Waals surface area (Å²) in [6, 6.07) is 4.01. The Hall–Kier alpha value is -0.840. The summed E-state index contributed by atoms with van der Waals surface area (Å²) in [5.41, 5.74) is 11.9. The summed E-state index contributed by atoms with van der Waals surface area (Å²) in [5.74, 6) is 1.12. The third kappa shape index (κ3) is 5.83. The average Bonchev–Trinajstić information content (AvgIpc) is 2.42. The molecule has 0 radical (unpaired) electrons. The van der Waals surface area contributed by atoms with Crippen molar-refractivity contribution >= 4 is 60.8 Å². The van der Waals surface area contributed by atoms with E-state index in [1.807, 2.05) is 32.9 Å². The molecule has 0 atom stereocenters. The van der Waals surface area contributed by atoms with Crippen LogP contribution in [0.4, 0.5) is 0 Å². The fourth-order valence-electron chi connectivity index (χ4n) is 2.23. The van der Waals surface area contributed by atoms with E-state index in [-0.39, 0.29) is 28.9 Å². The van der Waals surface area contributed by atoms with Crippen LogP contribution in [-0.4, -0.2) is 35.9 Å². The first-order valence-corrected chi connectivity index (χ1v) is 9.00. The van der Waals surface area contributed by atoms with E-state index in [2.05, 4.69) is 41.8 Å². The third-order valence-electron chi connectivity index (χ3n) is 3.22. The van der Waals surface area contributed by atoms with Gasteiger partial charge in [0.2, 0.25) is 11.9 Å². The molecule has 2 rings (SSSR count). The lowest BCUT2D eigenvalue weighted by Crippen LogP contribution is -2.53. The second-order valence-electron chi connectivity index (χ2n) is 5.82. The minimum atomic E-state index is -0.695. The molecule has 140 valence electrons. The van der Waals surface area contributed by atoms with Gasteiger partial charge in [0.15, 0.2) is 5.66 Å². The Balaban J connectivity index is 0.00000312. The number of aliphatic imine (C=N–C) groups is 2. The molecule has 1 aromatic rings.